The molecule has 0 aliphatic rings. The molecule has 0 aromatic carbocycles. The zero-order chi connectivity index (χ0) is 6.00. The van der Waals surface area contributed by atoms with Gasteiger partial charge >= 0.3 is 17.1 Å². The van der Waals surface area contributed by atoms with Crippen molar-refractivity contribution in [1.82, 2.24) is 0 Å². The van der Waals surface area contributed by atoms with E-state index in [1.807, 2.05) is 0 Å². The molecule has 0 unspecified atom stereocenters. The van der Waals surface area contributed by atoms with Crippen molar-refractivity contribution in [3.63, 3.8) is 0 Å². The van der Waals surface area contributed by atoms with Crippen molar-refractivity contribution >= 4 is 0 Å². The Hall–Kier alpha value is -0.901. The zero-order valence-electron chi connectivity index (χ0n) is 3.10. The van der Waals surface area contributed by atoms with Crippen LogP contribution in [0.3, 0.4) is 0 Å². The summed E-state index contributed by atoms with van der Waals surface area (Å²) in [7, 11) is 0. The molecule has 0 atom stereocenters. The molecule has 4 nitrogen and oxygen atoms in total. The van der Waals surface area contributed by atoms with Crippen LogP contribution in [0.15, 0.2) is 0 Å². The van der Waals surface area contributed by atoms with Gasteiger partial charge in [-0.05, 0) is 0 Å². The van der Waals surface area contributed by atoms with Gasteiger partial charge in [0.1, 0.15) is 0 Å². The summed E-state index contributed by atoms with van der Waals surface area (Å²) < 4.78 is 0. The molecule has 0 saturated carbocycles. The molecule has 0 saturated heterocycles. The fourth-order valence-corrected chi connectivity index (χ4v) is 0. The van der Waals surface area contributed by atoms with Gasteiger partial charge in [-0.1, -0.05) is 0 Å². The van der Waals surface area contributed by atoms with Crippen molar-refractivity contribution in [2.24, 2.45) is 0 Å². The Morgan fingerprint density at radius 2 is 1.00 bits per heavy atom. The molecule has 7 heavy (non-hydrogen) atoms. The second-order valence-electron chi connectivity index (χ2n) is 0. The first-order valence-electron chi connectivity index (χ1n) is 0.630. The SMILES string of the molecule is [C-]#N.[C-]#N.[Fe+3].[N-]=O. The van der Waals surface area contributed by atoms with E-state index in [1.165, 1.54) is 0 Å². The third-order valence-electron chi connectivity index (χ3n) is 0. The molecule has 0 fully saturated rings. The van der Waals surface area contributed by atoms with Crippen LogP contribution in [0.5, 0.6) is 0 Å². The van der Waals surface area contributed by atoms with Gasteiger partial charge in [-0.2, -0.15) is 0 Å². The van der Waals surface area contributed by atoms with Crippen molar-refractivity contribution in [2.45, 2.75) is 0 Å². The van der Waals surface area contributed by atoms with Gasteiger partial charge in [0.2, 0.25) is 0 Å². The summed E-state index contributed by atoms with van der Waals surface area (Å²) in [6.07, 6.45) is 0. The number of nitrogens with zero attached hydrogens (tertiary/aromatic N) is 3. The minimum Gasteiger partial charge on any atom is -0.577 e. The molecule has 0 aliphatic heterocycles. The van der Waals surface area contributed by atoms with Gasteiger partial charge in [0.05, 0.1) is 0 Å². The van der Waals surface area contributed by atoms with Gasteiger partial charge in [0.25, 0.3) is 0 Å². The second-order valence-corrected chi connectivity index (χ2v) is 0. The van der Waals surface area contributed by atoms with Crippen LogP contribution in [-0.2, 0) is 17.1 Å². The Kier molecular flexibility index (Phi) is 543. The quantitative estimate of drug-likeness (QED) is 0.360. The van der Waals surface area contributed by atoms with Crippen molar-refractivity contribution in [3.05, 3.63) is 23.6 Å². The van der Waals surface area contributed by atoms with Crippen molar-refractivity contribution in [3.8, 4) is 0 Å². The van der Waals surface area contributed by atoms with Crippen LogP contribution in [-0.4, -0.2) is 0 Å². The molecule has 0 aromatic rings. The maximum absolute atomic E-state index is 7.25. The van der Waals surface area contributed by atoms with E-state index in [0.717, 1.165) is 0 Å². The number of hydrogen-bond acceptors (Lipinski definition) is 3. The molecule has 0 aliphatic carbocycles. The standard InChI is InChI=1S/2CN.Fe.NO/c2*1-2;;1-2/q2*-1;+3;-1. The molecule has 0 spiro atoms. The van der Waals surface area contributed by atoms with Crippen molar-refractivity contribution in [1.29, 1.82) is 10.5 Å². The summed E-state index contributed by atoms with van der Waals surface area (Å²) in [5, 5.41) is 12.5. The molecular weight excluding hydrogens is 138 g/mol. The third kappa shape index (κ3) is 60.4. The Morgan fingerprint density at radius 1 is 1.00 bits per heavy atom. The molecule has 5 heteroatoms. The average Bonchev–Trinajstić information content (AvgIpc) is 1.81. The summed E-state index contributed by atoms with van der Waals surface area (Å²) >= 11 is 0. The van der Waals surface area contributed by atoms with E-state index < -0.39 is 0 Å². The van der Waals surface area contributed by atoms with Gasteiger partial charge < -0.3 is 34.2 Å². The topological polar surface area (TPSA) is 86.9 Å². The molecule has 0 N–H and O–H groups in total. The van der Waals surface area contributed by atoms with E-state index in [9.17, 15) is 0 Å². The van der Waals surface area contributed by atoms with Gasteiger partial charge in [-0.25, -0.2) is 0 Å². The van der Waals surface area contributed by atoms with Crippen LogP contribution in [0, 0.1) is 28.6 Å². The fourth-order valence-electron chi connectivity index (χ4n) is 0. The van der Waals surface area contributed by atoms with E-state index >= 15 is 0 Å². The molecule has 0 aromatic heterocycles. The molecule has 0 amide bonds. The van der Waals surface area contributed by atoms with Crippen LogP contribution in [0.2, 0.25) is 0 Å². The molecule has 0 bridgehead atoms. The first-order chi connectivity index (χ1) is 3.00. The summed E-state index contributed by atoms with van der Waals surface area (Å²) in [4.78, 5) is 7.25. The Balaban J connectivity index is -0.00000000900. The van der Waals surface area contributed by atoms with Gasteiger partial charge in [0, 0.05) is 0 Å². The zero-order valence-corrected chi connectivity index (χ0v) is 4.21. The van der Waals surface area contributed by atoms with Crippen molar-refractivity contribution < 1.29 is 17.1 Å². The van der Waals surface area contributed by atoms with E-state index in [-0.39, 0.29) is 17.1 Å². The summed E-state index contributed by atoms with van der Waals surface area (Å²) in [6.45, 7) is 9.50. The van der Waals surface area contributed by atoms with Crippen molar-refractivity contribution in [2.75, 3.05) is 0 Å². The van der Waals surface area contributed by atoms with Crippen LogP contribution < -0.4 is 0 Å². The first kappa shape index (κ1) is 36.0. The predicted molar refractivity (Wildman–Crippen MR) is 16.7 cm³/mol. The van der Waals surface area contributed by atoms with Crippen LogP contribution in [0.1, 0.15) is 0 Å². The second kappa shape index (κ2) is 106. The number of nitroso groups, excluding NO2 is 1. The Bertz CT molecular complexity index is 36.7. The van der Waals surface area contributed by atoms with E-state index in [0.29, 0.717) is 0 Å². The van der Waals surface area contributed by atoms with E-state index in [2.05, 4.69) is 0 Å². The first-order valence-corrected chi connectivity index (χ1v) is 0.630. The Labute approximate surface area is 52.0 Å². The maximum atomic E-state index is 7.25. The maximum Gasteiger partial charge on any atom is 3.00 e. The monoisotopic (exact) mass is 138 g/mol. The average molecular weight is 138 g/mol. The minimum absolute atomic E-state index is 0. The molecule has 0 rings (SSSR count). The largest absolute Gasteiger partial charge is 3.00 e. The molecule has 0 heterocycles. The minimum atomic E-state index is 0. The number of hydrogen-bond donors (Lipinski definition) is 0. The molecule has 37 valence electrons. The van der Waals surface area contributed by atoms with Crippen LogP contribution >= 0.6 is 0 Å². The normalized spacial score (nSPS) is 1.14. The van der Waals surface area contributed by atoms with Crippen LogP contribution in [0.4, 0.5) is 0 Å². The summed E-state index contributed by atoms with van der Waals surface area (Å²) in [5.41, 5.74) is 5.75. The predicted octanol–water partition coefficient (Wildman–Crippen LogP) is 0.512. The van der Waals surface area contributed by atoms with Gasteiger partial charge in [-0.3, -0.25) is 0 Å². The van der Waals surface area contributed by atoms with Gasteiger partial charge in [-0.15, -0.1) is 0 Å². The summed E-state index contributed by atoms with van der Waals surface area (Å²) in [6, 6.07) is 0. The summed E-state index contributed by atoms with van der Waals surface area (Å²) in [5.74, 6) is 0. The Morgan fingerprint density at radius 3 is 1.00 bits per heavy atom. The third-order valence-corrected chi connectivity index (χ3v) is 0. The van der Waals surface area contributed by atoms with Crippen LogP contribution in [0.25, 0.3) is 5.59 Å². The van der Waals surface area contributed by atoms with Gasteiger partial charge in [0.15, 0.2) is 0 Å². The molecular formula is C2FeN3O. The van der Waals surface area contributed by atoms with E-state index in [1.54, 1.807) is 0 Å². The smallest absolute Gasteiger partial charge is 0.577 e. The molecule has 1 radical (unpaired) electrons. The number of rotatable bonds is 0. The van der Waals surface area contributed by atoms with E-state index in [4.69, 9.17) is 34.2 Å². The fraction of sp³-hybridized carbons (Fsp3) is 0.